The highest BCUT2D eigenvalue weighted by Gasteiger charge is 2.30. The Hall–Kier alpha value is -1.60. The Kier molecular flexibility index (Phi) is 8.11. The van der Waals surface area contributed by atoms with Crippen molar-refractivity contribution >= 4 is 79.0 Å². The number of amides is 1. The molecule has 158 valence electrons. The Morgan fingerprint density at radius 2 is 1.90 bits per heavy atom. The first kappa shape index (κ1) is 23.7. The Morgan fingerprint density at radius 3 is 2.45 bits per heavy atom. The summed E-state index contributed by atoms with van der Waals surface area (Å²) in [5, 5.41) is 10.8. The number of hydrogen-bond acceptors (Lipinski definition) is 9. The molecule has 29 heavy (non-hydrogen) atoms. The molecule has 0 radical (unpaired) electrons. The SMILES string of the molecule is COC(=O)CSc1nnc(NC(=O)[C@H](C)N(c2cc(Cl)cc(Cl)c2)S(C)(=O)=O)s1. The second kappa shape index (κ2) is 9.94. The standard InChI is InChI=1S/C15H16Cl2N4O5S3/c1-8(21(29(3,24)25)11-5-9(16)4-10(17)6-11)13(23)18-14-19-20-15(28-14)27-7-12(22)26-2/h4-6,8H,7H2,1-3H3,(H,18,19,23)/t8-/m0/s1. The topological polar surface area (TPSA) is 119 Å². The maximum atomic E-state index is 12.6. The number of nitrogens with one attached hydrogen (secondary N) is 1. The number of methoxy groups -OCH3 is 1. The molecule has 0 aliphatic rings. The van der Waals surface area contributed by atoms with E-state index in [1.165, 1.54) is 32.2 Å². The fourth-order valence-electron chi connectivity index (χ4n) is 2.18. The van der Waals surface area contributed by atoms with Gasteiger partial charge in [-0.3, -0.25) is 19.2 Å². The fraction of sp³-hybridized carbons (Fsp3) is 0.333. The lowest BCUT2D eigenvalue weighted by molar-refractivity contribution is -0.137. The number of benzene rings is 1. The van der Waals surface area contributed by atoms with Gasteiger partial charge in [0, 0.05) is 10.0 Å². The molecule has 2 aromatic rings. The van der Waals surface area contributed by atoms with E-state index in [1.54, 1.807) is 0 Å². The van der Waals surface area contributed by atoms with Gasteiger partial charge in [0.1, 0.15) is 6.04 Å². The third-order valence-electron chi connectivity index (χ3n) is 3.37. The van der Waals surface area contributed by atoms with E-state index >= 15 is 0 Å². The number of thioether (sulfide) groups is 1. The Balaban J connectivity index is 2.18. The molecule has 0 spiro atoms. The lowest BCUT2D eigenvalue weighted by atomic mass is 10.2. The van der Waals surface area contributed by atoms with Gasteiger partial charge in [0.05, 0.1) is 24.8 Å². The van der Waals surface area contributed by atoms with Crippen molar-refractivity contribution < 1.29 is 22.7 Å². The predicted molar refractivity (Wildman–Crippen MR) is 115 cm³/mol. The van der Waals surface area contributed by atoms with E-state index in [1.807, 2.05) is 0 Å². The van der Waals surface area contributed by atoms with Gasteiger partial charge in [-0.15, -0.1) is 10.2 Å². The average Bonchev–Trinajstić information content (AvgIpc) is 3.05. The summed E-state index contributed by atoms with van der Waals surface area (Å²) < 4.78 is 30.5. The van der Waals surface area contributed by atoms with Gasteiger partial charge < -0.3 is 4.74 Å². The molecule has 1 amide bonds. The number of nitrogens with zero attached hydrogens (tertiary/aromatic N) is 3. The van der Waals surface area contributed by atoms with E-state index in [-0.39, 0.29) is 26.6 Å². The molecule has 1 heterocycles. The molecule has 1 aromatic heterocycles. The Bertz CT molecular complexity index is 995. The molecule has 0 aliphatic heterocycles. The summed E-state index contributed by atoms with van der Waals surface area (Å²) in [5.41, 5.74) is 0.152. The van der Waals surface area contributed by atoms with Crippen LogP contribution >= 0.6 is 46.3 Å². The molecule has 0 fully saturated rings. The minimum absolute atomic E-state index is 0.0485. The molecule has 14 heteroatoms. The molecule has 1 atom stereocenters. The molecule has 1 N–H and O–H groups in total. The Labute approximate surface area is 185 Å². The first-order valence-electron chi connectivity index (χ1n) is 7.80. The second-order valence-corrected chi connectivity index (χ2v) is 10.5. The van der Waals surface area contributed by atoms with Gasteiger partial charge in [0.25, 0.3) is 0 Å². The predicted octanol–water partition coefficient (Wildman–Crippen LogP) is 2.90. The maximum Gasteiger partial charge on any atom is 0.316 e. The van der Waals surface area contributed by atoms with Crippen molar-refractivity contribution in [1.29, 1.82) is 0 Å². The quantitative estimate of drug-likeness (QED) is 0.335. The van der Waals surface area contributed by atoms with Gasteiger partial charge in [-0.1, -0.05) is 46.3 Å². The van der Waals surface area contributed by atoms with E-state index in [9.17, 15) is 18.0 Å². The third-order valence-corrected chi connectivity index (χ3v) is 6.99. The van der Waals surface area contributed by atoms with Gasteiger partial charge in [-0.2, -0.15) is 0 Å². The van der Waals surface area contributed by atoms with Crippen molar-refractivity contribution in [3.05, 3.63) is 28.2 Å². The van der Waals surface area contributed by atoms with Crippen LogP contribution < -0.4 is 9.62 Å². The smallest absolute Gasteiger partial charge is 0.316 e. The number of halogens is 2. The van der Waals surface area contributed by atoms with Crippen LogP contribution in [-0.2, 0) is 24.3 Å². The lowest BCUT2D eigenvalue weighted by Crippen LogP contribution is -2.45. The van der Waals surface area contributed by atoms with Gasteiger partial charge in [0.2, 0.25) is 21.1 Å². The summed E-state index contributed by atoms with van der Waals surface area (Å²) in [4.78, 5) is 23.8. The third kappa shape index (κ3) is 6.71. The van der Waals surface area contributed by atoms with Crippen molar-refractivity contribution in [1.82, 2.24) is 10.2 Å². The highest BCUT2D eigenvalue weighted by atomic mass is 35.5. The van der Waals surface area contributed by atoms with Gasteiger partial charge in [0.15, 0.2) is 4.34 Å². The van der Waals surface area contributed by atoms with Crippen LogP contribution in [0.2, 0.25) is 10.0 Å². The van der Waals surface area contributed by atoms with E-state index in [0.717, 1.165) is 33.7 Å². The summed E-state index contributed by atoms with van der Waals surface area (Å²) >= 11 is 14.1. The van der Waals surface area contributed by atoms with Gasteiger partial charge >= 0.3 is 5.97 Å². The summed E-state index contributed by atoms with van der Waals surface area (Å²) in [6, 6.07) is 3.11. The molecular weight excluding hydrogens is 483 g/mol. The molecule has 2 rings (SSSR count). The summed E-state index contributed by atoms with van der Waals surface area (Å²) in [5.74, 6) is -1.01. The molecule has 9 nitrogen and oxygen atoms in total. The van der Waals surface area contributed by atoms with Crippen LogP contribution in [0.15, 0.2) is 22.5 Å². The number of ether oxygens (including phenoxy) is 1. The largest absolute Gasteiger partial charge is 0.468 e. The highest BCUT2D eigenvalue weighted by Crippen LogP contribution is 2.30. The second-order valence-electron chi connectivity index (χ2n) is 5.59. The minimum Gasteiger partial charge on any atom is -0.468 e. The van der Waals surface area contributed by atoms with E-state index in [4.69, 9.17) is 23.2 Å². The highest BCUT2D eigenvalue weighted by molar-refractivity contribution is 8.01. The monoisotopic (exact) mass is 498 g/mol. The molecule has 0 unspecified atom stereocenters. The van der Waals surface area contributed by atoms with E-state index in [2.05, 4.69) is 20.3 Å². The fourth-order valence-corrected chi connectivity index (χ4v) is 5.44. The number of carbonyl (C=O) groups is 2. The van der Waals surface area contributed by atoms with E-state index < -0.39 is 27.9 Å². The average molecular weight is 499 g/mol. The van der Waals surface area contributed by atoms with Crippen molar-refractivity contribution in [3.8, 4) is 0 Å². The Morgan fingerprint density at radius 1 is 1.28 bits per heavy atom. The first-order valence-corrected chi connectivity index (χ1v) is 12.2. The van der Waals surface area contributed by atoms with Crippen molar-refractivity contribution in [2.45, 2.75) is 17.3 Å². The van der Waals surface area contributed by atoms with Crippen LogP contribution in [0.4, 0.5) is 10.8 Å². The number of anilines is 2. The molecular formula is C15H16Cl2N4O5S3. The zero-order valence-corrected chi connectivity index (χ0v) is 19.3. The van der Waals surface area contributed by atoms with Crippen LogP contribution in [-0.4, -0.2) is 55.7 Å². The van der Waals surface area contributed by atoms with Crippen LogP contribution in [0.25, 0.3) is 0 Å². The van der Waals surface area contributed by atoms with Crippen molar-refractivity contribution in [3.63, 3.8) is 0 Å². The zero-order chi connectivity index (χ0) is 21.8. The zero-order valence-electron chi connectivity index (χ0n) is 15.4. The molecule has 1 aromatic carbocycles. The van der Waals surface area contributed by atoms with Crippen LogP contribution in [0.3, 0.4) is 0 Å². The molecule has 0 saturated carbocycles. The van der Waals surface area contributed by atoms with Crippen LogP contribution in [0, 0.1) is 0 Å². The number of esters is 1. The number of carbonyl (C=O) groups excluding carboxylic acids is 2. The van der Waals surface area contributed by atoms with Gasteiger partial charge in [-0.25, -0.2) is 8.42 Å². The molecule has 0 saturated heterocycles. The van der Waals surface area contributed by atoms with Crippen LogP contribution in [0.1, 0.15) is 6.92 Å². The summed E-state index contributed by atoms with van der Waals surface area (Å²) in [6.45, 7) is 1.42. The lowest BCUT2D eigenvalue weighted by Gasteiger charge is -2.28. The number of sulfonamides is 1. The number of rotatable bonds is 8. The summed E-state index contributed by atoms with van der Waals surface area (Å²) in [7, 11) is -2.56. The summed E-state index contributed by atoms with van der Waals surface area (Å²) in [6.07, 6.45) is 0.970. The number of hydrogen-bond donors (Lipinski definition) is 1. The maximum absolute atomic E-state index is 12.6. The van der Waals surface area contributed by atoms with Crippen molar-refractivity contribution in [2.24, 2.45) is 0 Å². The minimum atomic E-state index is -3.84. The van der Waals surface area contributed by atoms with Gasteiger partial charge in [-0.05, 0) is 25.1 Å². The first-order chi connectivity index (χ1) is 13.5. The van der Waals surface area contributed by atoms with E-state index in [0.29, 0.717) is 4.34 Å². The van der Waals surface area contributed by atoms with Crippen LogP contribution in [0.5, 0.6) is 0 Å². The molecule has 0 bridgehead atoms. The number of aromatic nitrogens is 2. The normalized spacial score (nSPS) is 12.3. The molecule has 0 aliphatic carbocycles. The van der Waals surface area contributed by atoms with Crippen molar-refractivity contribution in [2.75, 3.05) is 28.7 Å².